The predicted octanol–water partition coefficient (Wildman–Crippen LogP) is 9.07. The van der Waals surface area contributed by atoms with Crippen LogP contribution in [0.15, 0.2) is 253 Å². The third-order valence-electron chi connectivity index (χ3n) is 14.3. The Morgan fingerprint density at radius 3 is 1.75 bits per heavy atom. The minimum absolute atomic E-state index is 0.849. The van der Waals surface area contributed by atoms with Gasteiger partial charge in [0, 0.05) is 41.3 Å². The van der Waals surface area contributed by atoms with E-state index in [0.717, 1.165) is 61.6 Å². The fourth-order valence-corrected chi connectivity index (χ4v) is 21.2. The van der Waals surface area contributed by atoms with E-state index in [1.54, 1.807) is 0 Å². The van der Waals surface area contributed by atoms with Gasteiger partial charge in [-0.2, -0.15) is 0 Å². The van der Waals surface area contributed by atoms with Gasteiger partial charge in [-0.05, 0) is 84.0 Å². The lowest BCUT2D eigenvalue weighted by Crippen LogP contribution is -2.78. The maximum absolute atomic E-state index is 6.77. The molecule has 1 aliphatic rings. The van der Waals surface area contributed by atoms with Gasteiger partial charge < -0.3 is 8.98 Å². The van der Waals surface area contributed by atoms with E-state index >= 15 is 0 Å². The van der Waals surface area contributed by atoms with Crippen molar-refractivity contribution in [1.29, 1.82) is 0 Å². The lowest BCUT2D eigenvalue weighted by atomic mass is 10.1. The summed E-state index contributed by atoms with van der Waals surface area (Å²) < 4.78 is 8.99. The molecule has 1 aliphatic heterocycles. The second-order valence-corrected chi connectivity index (χ2v) is 25.3. The molecule has 322 valence electrons. The number of para-hydroxylation sites is 3. The molecule has 0 atom stereocenters. The molecular weight excluding hydrogens is 861 g/mol. The Balaban J connectivity index is 1.17. The van der Waals surface area contributed by atoms with Gasteiger partial charge in [-0.1, -0.05) is 194 Å². The van der Waals surface area contributed by atoms with Gasteiger partial charge >= 0.3 is 0 Å². The van der Waals surface area contributed by atoms with Gasteiger partial charge in [-0.15, -0.1) is 0 Å². The first-order chi connectivity index (χ1) is 33.6. The largest absolute Gasteiger partial charge is 0.456 e. The van der Waals surface area contributed by atoms with Crippen LogP contribution in [0.25, 0.3) is 44.4 Å². The highest BCUT2D eigenvalue weighted by Crippen LogP contribution is 2.41. The van der Waals surface area contributed by atoms with Crippen LogP contribution >= 0.6 is 0 Å². The molecule has 12 aromatic rings. The average Bonchev–Trinajstić information content (AvgIpc) is 3.95. The maximum Gasteiger partial charge on any atom is 0.184 e. The molecule has 0 saturated heterocycles. The molecule has 0 saturated carbocycles. The van der Waals surface area contributed by atoms with Crippen LogP contribution in [0.4, 0.5) is 17.2 Å². The number of aryl methyl sites for hydroxylation is 1. The van der Waals surface area contributed by atoms with Crippen LogP contribution in [0.3, 0.4) is 0 Å². The zero-order valence-corrected chi connectivity index (χ0v) is 39.4. The van der Waals surface area contributed by atoms with Crippen LogP contribution in [0, 0.1) is 0 Å². The van der Waals surface area contributed by atoms with Gasteiger partial charge in [0.2, 0.25) is 0 Å². The molecule has 0 N–H and O–H groups in total. The standard InChI is InChI=1S/C61H44N4OSi2/c1-64-53-33-16-15-32-52(53)63-61(64)43-21-20-30-48(39-43)67(44-22-6-2-7-23-44,45-24-8-3-9-25-45)49-36-37-58-54(40-49)65(60-35-18-19-38-62-60)55-42-57-51(50-31-14-17-34-56(50)66-57)41-59(55)68(58,46-26-10-4-11-27-46)47-28-12-5-13-29-47/h2-42H,1H3. The number of aromatic nitrogens is 3. The van der Waals surface area contributed by atoms with E-state index in [-0.39, 0.29) is 0 Å². The molecule has 0 spiro atoms. The van der Waals surface area contributed by atoms with Gasteiger partial charge in [-0.3, -0.25) is 4.90 Å². The minimum Gasteiger partial charge on any atom is -0.456 e. The van der Waals surface area contributed by atoms with Crippen molar-refractivity contribution >= 4 is 108 Å². The van der Waals surface area contributed by atoms with Crippen LogP contribution < -0.4 is 46.4 Å². The molecule has 0 radical (unpaired) electrons. The molecule has 5 nitrogen and oxygen atoms in total. The molecular formula is C61H44N4OSi2. The number of nitrogens with zero attached hydrogens (tertiary/aromatic N) is 4. The normalized spacial score (nSPS) is 13.2. The molecule has 13 rings (SSSR count). The second kappa shape index (κ2) is 15.9. The van der Waals surface area contributed by atoms with E-state index in [2.05, 4.69) is 253 Å². The summed E-state index contributed by atoms with van der Waals surface area (Å²) in [4.78, 5) is 12.8. The number of hydrogen-bond donors (Lipinski definition) is 0. The molecule has 0 bridgehead atoms. The first-order valence-corrected chi connectivity index (χ1v) is 27.2. The number of imidazole rings is 1. The summed E-state index contributed by atoms with van der Waals surface area (Å²) in [5, 5.41) is 12.6. The van der Waals surface area contributed by atoms with Crippen molar-refractivity contribution < 1.29 is 4.42 Å². The number of fused-ring (bicyclic) bond motifs is 6. The Kier molecular flexibility index (Phi) is 9.35. The van der Waals surface area contributed by atoms with Gasteiger partial charge in [0.25, 0.3) is 0 Å². The van der Waals surface area contributed by atoms with Crippen molar-refractivity contribution in [2.24, 2.45) is 7.05 Å². The van der Waals surface area contributed by atoms with Crippen molar-refractivity contribution in [3.05, 3.63) is 249 Å². The third-order valence-corrected chi connectivity index (χ3v) is 23.9. The smallest absolute Gasteiger partial charge is 0.184 e. The molecule has 68 heavy (non-hydrogen) atoms. The zero-order valence-electron chi connectivity index (χ0n) is 37.4. The summed E-state index contributed by atoms with van der Waals surface area (Å²) in [6, 6.07) is 89.5. The lowest BCUT2D eigenvalue weighted by molar-refractivity contribution is 0.669. The van der Waals surface area contributed by atoms with Crippen LogP contribution in [-0.2, 0) is 7.05 Å². The van der Waals surface area contributed by atoms with Crippen LogP contribution in [0.5, 0.6) is 0 Å². The summed E-state index contributed by atoms with van der Waals surface area (Å²) >= 11 is 0. The molecule has 0 amide bonds. The van der Waals surface area contributed by atoms with E-state index in [9.17, 15) is 0 Å². The van der Waals surface area contributed by atoms with Gasteiger partial charge in [0.05, 0.1) is 16.7 Å². The zero-order chi connectivity index (χ0) is 45.2. The first kappa shape index (κ1) is 40.0. The van der Waals surface area contributed by atoms with Crippen molar-refractivity contribution in [2.75, 3.05) is 4.90 Å². The summed E-state index contributed by atoms with van der Waals surface area (Å²) in [5.74, 6) is 1.79. The number of anilines is 3. The third kappa shape index (κ3) is 5.92. The lowest BCUT2D eigenvalue weighted by Gasteiger charge is -2.45. The monoisotopic (exact) mass is 904 g/mol. The Labute approximate surface area is 396 Å². The van der Waals surface area contributed by atoms with Crippen molar-refractivity contribution in [1.82, 2.24) is 14.5 Å². The van der Waals surface area contributed by atoms with Gasteiger partial charge in [0.15, 0.2) is 16.1 Å². The SMILES string of the molecule is Cn1c(-c2cccc([Si](c3ccccc3)(c3ccccc3)c3ccc4c(c3)N(c3ccccn3)c3cc5oc6ccccc6c5cc3[Si]4(c3ccccc3)c3ccccc3)c2)nc2ccccc21. The highest BCUT2D eigenvalue weighted by atomic mass is 28.3. The molecule has 3 aromatic heterocycles. The van der Waals surface area contributed by atoms with E-state index < -0.39 is 16.1 Å². The summed E-state index contributed by atoms with van der Waals surface area (Å²) in [6.07, 6.45) is 1.91. The summed E-state index contributed by atoms with van der Waals surface area (Å²) in [7, 11) is -4.17. The highest BCUT2D eigenvalue weighted by molar-refractivity contribution is 7.22. The Bertz CT molecular complexity index is 3740. The Morgan fingerprint density at radius 2 is 1.06 bits per heavy atom. The topological polar surface area (TPSA) is 47.1 Å². The van der Waals surface area contributed by atoms with E-state index in [1.807, 2.05) is 12.3 Å². The van der Waals surface area contributed by atoms with Crippen molar-refractivity contribution in [2.45, 2.75) is 0 Å². The summed E-state index contributed by atoms with van der Waals surface area (Å²) in [6.45, 7) is 0. The number of pyridine rings is 1. The molecule has 9 aromatic carbocycles. The fourth-order valence-electron chi connectivity index (χ4n) is 11.4. The molecule has 0 unspecified atom stereocenters. The first-order valence-electron chi connectivity index (χ1n) is 23.2. The van der Waals surface area contributed by atoms with E-state index in [1.165, 1.54) is 41.5 Å². The van der Waals surface area contributed by atoms with Gasteiger partial charge in [0.1, 0.15) is 22.8 Å². The van der Waals surface area contributed by atoms with Crippen molar-refractivity contribution in [3.8, 4) is 11.4 Å². The minimum atomic E-state index is -3.16. The quantitative estimate of drug-likeness (QED) is 0.113. The average molecular weight is 905 g/mol. The van der Waals surface area contributed by atoms with E-state index in [0.29, 0.717) is 0 Å². The number of benzene rings is 9. The number of hydrogen-bond acceptors (Lipinski definition) is 4. The molecule has 4 heterocycles. The fraction of sp³-hybridized carbons (Fsp3) is 0.0164. The van der Waals surface area contributed by atoms with Crippen LogP contribution in [0.1, 0.15) is 0 Å². The van der Waals surface area contributed by atoms with Gasteiger partial charge in [-0.25, -0.2) is 9.97 Å². The molecule has 7 heteroatoms. The summed E-state index contributed by atoms with van der Waals surface area (Å²) in [5.41, 5.74) is 7.11. The predicted molar refractivity (Wildman–Crippen MR) is 287 cm³/mol. The Hall–Kier alpha value is -8.37. The number of furan rings is 1. The second-order valence-electron chi connectivity index (χ2n) is 17.7. The maximum atomic E-state index is 6.77. The van der Waals surface area contributed by atoms with E-state index in [4.69, 9.17) is 14.4 Å². The molecule has 0 fully saturated rings. The Morgan fingerprint density at radius 1 is 0.456 bits per heavy atom. The number of rotatable bonds is 8. The van der Waals surface area contributed by atoms with Crippen molar-refractivity contribution in [3.63, 3.8) is 0 Å². The van der Waals surface area contributed by atoms with Crippen LogP contribution in [0.2, 0.25) is 0 Å². The molecule has 0 aliphatic carbocycles. The highest BCUT2D eigenvalue weighted by Gasteiger charge is 2.51. The van der Waals surface area contributed by atoms with Crippen LogP contribution in [-0.4, -0.2) is 30.7 Å².